The van der Waals surface area contributed by atoms with Crippen molar-refractivity contribution >= 4 is 11.6 Å². The minimum absolute atomic E-state index is 0.230. The molecule has 1 aliphatic rings. The van der Waals surface area contributed by atoms with Crippen molar-refractivity contribution in [1.82, 2.24) is 4.90 Å². The fraction of sp³-hybridized carbons (Fsp3) is 0.538. The van der Waals surface area contributed by atoms with Gasteiger partial charge in [-0.3, -0.25) is 4.90 Å². The second kappa shape index (κ2) is 5.34. The molecule has 17 heavy (non-hydrogen) atoms. The van der Waals surface area contributed by atoms with Crippen molar-refractivity contribution in [3.05, 3.63) is 34.6 Å². The van der Waals surface area contributed by atoms with Gasteiger partial charge in [0.1, 0.15) is 5.82 Å². The number of hydrogen-bond donors (Lipinski definition) is 1. The number of benzene rings is 1. The Labute approximate surface area is 107 Å². The van der Waals surface area contributed by atoms with Crippen LogP contribution in [0.1, 0.15) is 18.9 Å². The number of likely N-dealkylation sites (tertiary alicyclic amines) is 1. The van der Waals surface area contributed by atoms with Gasteiger partial charge in [0.05, 0.1) is 0 Å². The molecule has 4 heteroatoms. The molecule has 0 radical (unpaired) electrons. The Balaban J connectivity index is 2.08. The maximum atomic E-state index is 13.2. The highest BCUT2D eigenvalue weighted by Crippen LogP contribution is 2.26. The molecule has 0 spiro atoms. The van der Waals surface area contributed by atoms with Gasteiger partial charge in [0.25, 0.3) is 0 Å². The average molecular weight is 257 g/mol. The van der Waals surface area contributed by atoms with Gasteiger partial charge in [0.2, 0.25) is 0 Å². The SMILES string of the molecule is CC1CC(CN)CN1Cc1cc(F)ccc1Cl. The van der Waals surface area contributed by atoms with E-state index in [9.17, 15) is 4.39 Å². The van der Waals surface area contributed by atoms with E-state index < -0.39 is 0 Å². The Kier molecular flexibility index (Phi) is 4.02. The minimum Gasteiger partial charge on any atom is -0.330 e. The smallest absolute Gasteiger partial charge is 0.123 e. The second-order valence-electron chi connectivity index (χ2n) is 4.85. The molecule has 2 rings (SSSR count). The number of nitrogens with zero attached hydrogens (tertiary/aromatic N) is 1. The van der Waals surface area contributed by atoms with E-state index in [1.54, 1.807) is 6.07 Å². The van der Waals surface area contributed by atoms with Crippen molar-refractivity contribution in [2.24, 2.45) is 11.7 Å². The number of nitrogens with two attached hydrogens (primary N) is 1. The highest BCUT2D eigenvalue weighted by atomic mass is 35.5. The summed E-state index contributed by atoms with van der Waals surface area (Å²) in [7, 11) is 0. The summed E-state index contributed by atoms with van der Waals surface area (Å²) in [5.41, 5.74) is 6.55. The molecule has 0 saturated carbocycles. The van der Waals surface area contributed by atoms with Crippen LogP contribution in [0.4, 0.5) is 4.39 Å². The van der Waals surface area contributed by atoms with E-state index in [-0.39, 0.29) is 5.82 Å². The van der Waals surface area contributed by atoms with Crippen molar-refractivity contribution in [1.29, 1.82) is 0 Å². The van der Waals surface area contributed by atoms with Gasteiger partial charge in [-0.1, -0.05) is 11.6 Å². The predicted octanol–water partition coefficient (Wildman–Crippen LogP) is 2.65. The normalized spacial score (nSPS) is 25.4. The molecule has 1 aromatic carbocycles. The zero-order valence-electron chi connectivity index (χ0n) is 10.00. The molecular weight excluding hydrogens is 239 g/mol. The standard InChI is InChI=1S/C13H18ClFN2/c1-9-4-10(6-16)7-17(9)8-11-5-12(15)2-3-13(11)14/h2-3,5,9-10H,4,6-8,16H2,1H3. The van der Waals surface area contributed by atoms with Gasteiger partial charge in [-0.25, -0.2) is 4.39 Å². The van der Waals surface area contributed by atoms with Crippen LogP contribution in [-0.2, 0) is 6.54 Å². The predicted molar refractivity (Wildman–Crippen MR) is 68.4 cm³/mol. The molecule has 0 aliphatic carbocycles. The maximum absolute atomic E-state index is 13.2. The molecule has 0 bridgehead atoms. The first-order valence-corrected chi connectivity index (χ1v) is 6.36. The average Bonchev–Trinajstić information content (AvgIpc) is 2.65. The van der Waals surface area contributed by atoms with Gasteiger partial charge in [0, 0.05) is 24.2 Å². The molecule has 1 saturated heterocycles. The van der Waals surface area contributed by atoms with Crippen LogP contribution in [0.15, 0.2) is 18.2 Å². The third-order valence-corrected chi connectivity index (χ3v) is 3.87. The van der Waals surface area contributed by atoms with Crippen LogP contribution in [0.5, 0.6) is 0 Å². The van der Waals surface area contributed by atoms with E-state index in [1.165, 1.54) is 12.1 Å². The molecule has 2 nitrogen and oxygen atoms in total. The molecule has 0 aromatic heterocycles. The van der Waals surface area contributed by atoms with Gasteiger partial charge in [0.15, 0.2) is 0 Å². The second-order valence-corrected chi connectivity index (χ2v) is 5.26. The zero-order valence-corrected chi connectivity index (χ0v) is 10.8. The number of hydrogen-bond acceptors (Lipinski definition) is 2. The molecular formula is C13H18ClFN2. The van der Waals surface area contributed by atoms with Crippen molar-refractivity contribution < 1.29 is 4.39 Å². The van der Waals surface area contributed by atoms with Crippen molar-refractivity contribution in [2.45, 2.75) is 25.9 Å². The topological polar surface area (TPSA) is 29.3 Å². The zero-order chi connectivity index (χ0) is 12.4. The van der Waals surface area contributed by atoms with Crippen molar-refractivity contribution in [2.75, 3.05) is 13.1 Å². The summed E-state index contributed by atoms with van der Waals surface area (Å²) >= 11 is 6.07. The minimum atomic E-state index is -0.230. The first kappa shape index (κ1) is 12.8. The summed E-state index contributed by atoms with van der Waals surface area (Å²) in [4.78, 5) is 2.32. The van der Waals surface area contributed by atoms with Crippen molar-refractivity contribution in [3.8, 4) is 0 Å². The summed E-state index contributed by atoms with van der Waals surface area (Å²) in [6, 6.07) is 5.02. The van der Waals surface area contributed by atoms with E-state index in [4.69, 9.17) is 17.3 Å². The van der Waals surface area contributed by atoms with Crippen LogP contribution in [0.25, 0.3) is 0 Å². The van der Waals surface area contributed by atoms with Gasteiger partial charge in [-0.2, -0.15) is 0 Å². The van der Waals surface area contributed by atoms with Gasteiger partial charge in [-0.05, 0) is 49.6 Å². The third-order valence-electron chi connectivity index (χ3n) is 3.51. The monoisotopic (exact) mass is 256 g/mol. The maximum Gasteiger partial charge on any atom is 0.123 e. The molecule has 2 N–H and O–H groups in total. The molecule has 1 fully saturated rings. The molecule has 0 amide bonds. The lowest BCUT2D eigenvalue weighted by atomic mass is 10.1. The lowest BCUT2D eigenvalue weighted by Gasteiger charge is -2.21. The Morgan fingerprint density at radius 2 is 2.29 bits per heavy atom. The first-order chi connectivity index (χ1) is 8.10. The molecule has 2 unspecified atom stereocenters. The number of rotatable bonds is 3. The summed E-state index contributed by atoms with van der Waals surface area (Å²) < 4.78 is 13.2. The lowest BCUT2D eigenvalue weighted by Crippen LogP contribution is -2.27. The highest BCUT2D eigenvalue weighted by molar-refractivity contribution is 6.31. The molecule has 94 valence electrons. The Morgan fingerprint density at radius 3 is 2.94 bits per heavy atom. The van der Waals surface area contributed by atoms with E-state index in [0.717, 1.165) is 25.1 Å². The fourth-order valence-electron chi connectivity index (χ4n) is 2.49. The van der Waals surface area contributed by atoms with Gasteiger partial charge in [-0.15, -0.1) is 0 Å². The van der Waals surface area contributed by atoms with E-state index in [1.807, 2.05) is 0 Å². The molecule has 1 aliphatic heterocycles. The Bertz CT molecular complexity index is 397. The highest BCUT2D eigenvalue weighted by Gasteiger charge is 2.28. The largest absolute Gasteiger partial charge is 0.330 e. The van der Waals surface area contributed by atoms with Gasteiger partial charge >= 0.3 is 0 Å². The third kappa shape index (κ3) is 2.97. The van der Waals surface area contributed by atoms with Crippen LogP contribution >= 0.6 is 11.6 Å². The summed E-state index contributed by atoms with van der Waals surface area (Å²) in [6.45, 7) is 4.58. The van der Waals surface area contributed by atoms with E-state index in [0.29, 0.717) is 23.5 Å². The van der Waals surface area contributed by atoms with E-state index >= 15 is 0 Å². The molecule has 2 atom stereocenters. The molecule has 1 aromatic rings. The van der Waals surface area contributed by atoms with Crippen molar-refractivity contribution in [3.63, 3.8) is 0 Å². The first-order valence-electron chi connectivity index (χ1n) is 5.98. The van der Waals surface area contributed by atoms with E-state index in [2.05, 4.69) is 11.8 Å². The fourth-order valence-corrected chi connectivity index (χ4v) is 2.67. The van der Waals surface area contributed by atoms with Crippen LogP contribution in [0.3, 0.4) is 0 Å². The lowest BCUT2D eigenvalue weighted by molar-refractivity contribution is 0.255. The Hall–Kier alpha value is -0.640. The number of halogens is 2. The van der Waals surface area contributed by atoms with Crippen LogP contribution < -0.4 is 5.73 Å². The molecule has 1 heterocycles. The summed E-state index contributed by atoms with van der Waals surface area (Å²) in [6.07, 6.45) is 1.11. The summed E-state index contributed by atoms with van der Waals surface area (Å²) in [5.74, 6) is 0.323. The van der Waals surface area contributed by atoms with Crippen LogP contribution in [0.2, 0.25) is 5.02 Å². The van der Waals surface area contributed by atoms with Crippen LogP contribution in [0, 0.1) is 11.7 Å². The van der Waals surface area contributed by atoms with Gasteiger partial charge < -0.3 is 5.73 Å². The Morgan fingerprint density at radius 1 is 1.53 bits per heavy atom. The van der Waals surface area contributed by atoms with Crippen LogP contribution in [-0.4, -0.2) is 24.0 Å². The quantitative estimate of drug-likeness (QED) is 0.901. The summed E-state index contributed by atoms with van der Waals surface area (Å²) in [5, 5.41) is 0.634.